The van der Waals surface area contributed by atoms with Crippen molar-refractivity contribution in [2.75, 3.05) is 0 Å². The minimum atomic E-state index is 0.334. The second-order valence-electron chi connectivity index (χ2n) is 4.85. The van der Waals surface area contributed by atoms with Crippen LogP contribution in [0, 0.1) is 16.0 Å². The van der Waals surface area contributed by atoms with E-state index in [0.29, 0.717) is 10.2 Å². The highest BCUT2D eigenvalue weighted by molar-refractivity contribution is 7.98. The Morgan fingerprint density at radius 2 is 1.70 bits per heavy atom. The number of hydrogen-bond acceptors (Lipinski definition) is 4. The van der Waals surface area contributed by atoms with Crippen LogP contribution >= 0.6 is 24.0 Å². The Labute approximate surface area is 144 Å². The summed E-state index contributed by atoms with van der Waals surface area (Å²) in [6, 6.07) is 22.0. The van der Waals surface area contributed by atoms with E-state index in [-0.39, 0.29) is 0 Å². The van der Waals surface area contributed by atoms with E-state index in [0.717, 1.165) is 22.2 Å². The number of aromatic amines is 1. The Morgan fingerprint density at radius 3 is 2.35 bits per heavy atom. The third-order valence-electron chi connectivity index (χ3n) is 3.29. The largest absolute Gasteiger partial charge is 0.333 e. The zero-order valence-electron chi connectivity index (χ0n) is 12.2. The fraction of sp³-hybridized carbons (Fsp3) is 0.0556. The summed E-state index contributed by atoms with van der Waals surface area (Å²) >= 11 is 6.86. The van der Waals surface area contributed by atoms with Crippen molar-refractivity contribution in [1.82, 2.24) is 9.97 Å². The lowest BCUT2D eigenvalue weighted by molar-refractivity contribution is 0.954. The summed E-state index contributed by atoms with van der Waals surface area (Å²) in [6.45, 7) is 0. The molecule has 0 saturated carbocycles. The van der Waals surface area contributed by atoms with E-state index < -0.39 is 0 Å². The summed E-state index contributed by atoms with van der Waals surface area (Å²) in [5.74, 6) is 0.791. The van der Waals surface area contributed by atoms with Gasteiger partial charge in [0.2, 0.25) is 0 Å². The maximum atomic E-state index is 9.38. The van der Waals surface area contributed by atoms with E-state index >= 15 is 0 Å². The van der Waals surface area contributed by atoms with Crippen molar-refractivity contribution >= 4 is 24.0 Å². The zero-order valence-corrected chi connectivity index (χ0v) is 13.8. The molecular formula is C18H13N3S2. The quantitative estimate of drug-likeness (QED) is 0.415. The number of aromatic nitrogens is 2. The smallest absolute Gasteiger partial charge is 0.167 e. The first-order valence-electron chi connectivity index (χ1n) is 7.04. The van der Waals surface area contributed by atoms with Crippen LogP contribution in [0.5, 0.6) is 0 Å². The van der Waals surface area contributed by atoms with Gasteiger partial charge in [0.15, 0.2) is 5.16 Å². The van der Waals surface area contributed by atoms with Crippen molar-refractivity contribution < 1.29 is 0 Å². The van der Waals surface area contributed by atoms with Gasteiger partial charge in [0.05, 0.1) is 5.69 Å². The van der Waals surface area contributed by atoms with E-state index in [4.69, 9.17) is 12.2 Å². The molecule has 112 valence electrons. The Bertz CT molecular complexity index is 897. The number of thioether (sulfide) groups is 1. The van der Waals surface area contributed by atoms with Crippen molar-refractivity contribution in [3.05, 3.63) is 76.4 Å². The molecule has 5 heteroatoms. The van der Waals surface area contributed by atoms with Crippen molar-refractivity contribution in [2.45, 2.75) is 10.9 Å². The molecule has 0 aliphatic carbocycles. The molecule has 23 heavy (non-hydrogen) atoms. The molecule has 0 spiro atoms. The topological polar surface area (TPSA) is 52.5 Å². The van der Waals surface area contributed by atoms with Gasteiger partial charge in [-0.2, -0.15) is 5.26 Å². The molecule has 3 rings (SSSR count). The normalized spacial score (nSPS) is 10.2. The minimum absolute atomic E-state index is 0.334. The van der Waals surface area contributed by atoms with Gasteiger partial charge in [-0.25, -0.2) is 4.98 Å². The molecule has 0 unspecified atom stereocenters. The van der Waals surface area contributed by atoms with Crippen molar-refractivity contribution in [1.29, 1.82) is 5.26 Å². The second-order valence-corrected chi connectivity index (χ2v) is 6.20. The van der Waals surface area contributed by atoms with Crippen molar-refractivity contribution in [3.8, 4) is 17.3 Å². The van der Waals surface area contributed by atoms with Gasteiger partial charge >= 0.3 is 0 Å². The van der Waals surface area contributed by atoms with Crippen LogP contribution in [0.15, 0.2) is 65.8 Å². The molecule has 1 N–H and O–H groups in total. The highest BCUT2D eigenvalue weighted by atomic mass is 32.2. The van der Waals surface area contributed by atoms with E-state index in [2.05, 4.69) is 28.2 Å². The van der Waals surface area contributed by atoms with Crippen molar-refractivity contribution in [3.63, 3.8) is 0 Å². The number of nitriles is 1. The lowest BCUT2D eigenvalue weighted by Crippen LogP contribution is -1.97. The molecule has 3 nitrogen and oxygen atoms in total. The molecule has 0 bridgehead atoms. The van der Waals surface area contributed by atoms with E-state index in [1.54, 1.807) is 11.8 Å². The van der Waals surface area contributed by atoms with Gasteiger partial charge in [0, 0.05) is 5.75 Å². The van der Waals surface area contributed by atoms with Crippen LogP contribution in [0.2, 0.25) is 0 Å². The molecule has 3 aromatic rings. The van der Waals surface area contributed by atoms with Crippen LogP contribution in [0.25, 0.3) is 11.3 Å². The summed E-state index contributed by atoms with van der Waals surface area (Å²) in [6.07, 6.45) is 0. The predicted octanol–water partition coefficient (Wildman–Crippen LogP) is 4.97. The molecule has 1 heterocycles. The number of nitrogens with zero attached hydrogens (tertiary/aromatic N) is 2. The molecular weight excluding hydrogens is 322 g/mol. The average Bonchev–Trinajstić information content (AvgIpc) is 2.61. The summed E-state index contributed by atoms with van der Waals surface area (Å²) in [7, 11) is 0. The molecule has 0 radical (unpaired) electrons. The van der Waals surface area contributed by atoms with Gasteiger partial charge in [-0.3, -0.25) is 0 Å². The summed E-state index contributed by atoms with van der Waals surface area (Å²) in [4.78, 5) is 7.60. The third kappa shape index (κ3) is 3.67. The van der Waals surface area contributed by atoms with Gasteiger partial charge < -0.3 is 4.98 Å². The Morgan fingerprint density at radius 1 is 1.04 bits per heavy atom. The lowest BCUT2D eigenvalue weighted by Gasteiger charge is -2.08. The van der Waals surface area contributed by atoms with Gasteiger partial charge in [-0.05, 0) is 11.1 Å². The molecule has 0 amide bonds. The molecule has 1 aromatic heterocycles. The highest BCUT2D eigenvalue weighted by Gasteiger charge is 2.11. The molecule has 0 fully saturated rings. The predicted molar refractivity (Wildman–Crippen MR) is 95.6 cm³/mol. The average molecular weight is 335 g/mol. The molecule has 0 aliphatic rings. The standard InChI is InChI=1S/C18H13N3S2/c19-11-15-16(14-9-5-2-6-10-14)20-18(21-17(15)22)23-12-13-7-3-1-4-8-13/h1-10H,12H2,(H,20,21,22). The number of nitrogens with one attached hydrogen (secondary N) is 1. The molecule has 0 aliphatic heterocycles. The monoisotopic (exact) mass is 335 g/mol. The van der Waals surface area contributed by atoms with Crippen LogP contribution in [0.4, 0.5) is 0 Å². The molecule has 2 aromatic carbocycles. The van der Waals surface area contributed by atoms with E-state index in [1.165, 1.54) is 5.56 Å². The Kier molecular flexibility index (Phi) is 4.86. The minimum Gasteiger partial charge on any atom is -0.333 e. The van der Waals surface area contributed by atoms with Crippen LogP contribution < -0.4 is 0 Å². The first-order chi connectivity index (χ1) is 11.3. The fourth-order valence-corrected chi connectivity index (χ4v) is 3.29. The van der Waals surface area contributed by atoms with Crippen LogP contribution in [0.1, 0.15) is 11.1 Å². The lowest BCUT2D eigenvalue weighted by atomic mass is 10.1. The summed E-state index contributed by atoms with van der Waals surface area (Å²) < 4.78 is 0.334. The Hall–Kier alpha value is -2.42. The second kappa shape index (κ2) is 7.23. The molecule has 0 atom stereocenters. The maximum absolute atomic E-state index is 9.38. The summed E-state index contributed by atoms with van der Waals surface area (Å²) in [5, 5.41) is 10.1. The first kappa shape index (κ1) is 15.5. The van der Waals surface area contributed by atoms with Crippen LogP contribution in [-0.2, 0) is 5.75 Å². The van der Waals surface area contributed by atoms with Gasteiger partial charge in [0.25, 0.3) is 0 Å². The number of benzene rings is 2. The number of rotatable bonds is 4. The maximum Gasteiger partial charge on any atom is 0.167 e. The SMILES string of the molecule is N#Cc1c(-c2ccccc2)[nH]c(SCc2ccccc2)nc1=S. The highest BCUT2D eigenvalue weighted by Crippen LogP contribution is 2.26. The van der Waals surface area contributed by atoms with Gasteiger partial charge in [-0.1, -0.05) is 84.6 Å². The van der Waals surface area contributed by atoms with E-state index in [1.807, 2.05) is 48.5 Å². The fourth-order valence-electron chi connectivity index (χ4n) is 2.17. The third-order valence-corrected chi connectivity index (χ3v) is 4.53. The Balaban J connectivity index is 1.95. The van der Waals surface area contributed by atoms with Crippen molar-refractivity contribution in [2.24, 2.45) is 0 Å². The molecule has 0 saturated heterocycles. The van der Waals surface area contributed by atoms with Gasteiger partial charge in [-0.15, -0.1) is 0 Å². The zero-order chi connectivity index (χ0) is 16.1. The number of H-pyrrole nitrogens is 1. The van der Waals surface area contributed by atoms with E-state index in [9.17, 15) is 5.26 Å². The van der Waals surface area contributed by atoms with Gasteiger partial charge in [0.1, 0.15) is 16.3 Å². The van der Waals surface area contributed by atoms with Crippen LogP contribution in [-0.4, -0.2) is 9.97 Å². The number of hydrogen-bond donors (Lipinski definition) is 1. The van der Waals surface area contributed by atoms with Crippen LogP contribution in [0.3, 0.4) is 0 Å². The first-order valence-corrected chi connectivity index (χ1v) is 8.44. The summed E-state index contributed by atoms with van der Waals surface area (Å²) in [5.41, 5.74) is 3.28.